The number of nitrogens with one attached hydrogen (secondary N) is 4. The van der Waals surface area contributed by atoms with Gasteiger partial charge in [-0.15, -0.1) is 0 Å². The maximum absolute atomic E-state index is 13.0. The fraction of sp³-hybridized carbons (Fsp3) is 0.571. The number of nitrogens with zero attached hydrogens (tertiary/aromatic N) is 1. The number of hydrogen-bond donors (Lipinski definition) is 8. The number of aromatic nitrogens is 2. The molecule has 0 saturated carbocycles. The molecular formula is C21H34N8O7S. The van der Waals surface area contributed by atoms with Crippen molar-refractivity contribution in [1.29, 1.82) is 0 Å². The zero-order valence-corrected chi connectivity index (χ0v) is 21.2. The minimum atomic E-state index is -1.34. The van der Waals surface area contributed by atoms with E-state index in [0.29, 0.717) is 11.4 Å². The van der Waals surface area contributed by atoms with Gasteiger partial charge in [0, 0.05) is 31.2 Å². The summed E-state index contributed by atoms with van der Waals surface area (Å²) >= 11 is 1.39. The number of hydrogen-bond acceptors (Lipinski definition) is 9. The van der Waals surface area contributed by atoms with E-state index in [9.17, 15) is 33.9 Å². The van der Waals surface area contributed by atoms with E-state index in [1.54, 1.807) is 6.26 Å². The van der Waals surface area contributed by atoms with Gasteiger partial charge in [-0.3, -0.25) is 24.0 Å². The van der Waals surface area contributed by atoms with Crippen LogP contribution in [-0.2, 0) is 35.2 Å². The predicted octanol–water partition coefficient (Wildman–Crippen LogP) is -2.90. The summed E-state index contributed by atoms with van der Waals surface area (Å²) < 4.78 is 0. The number of carbonyl (C=O) groups is 6. The van der Waals surface area contributed by atoms with Gasteiger partial charge in [0.2, 0.25) is 29.5 Å². The van der Waals surface area contributed by atoms with Crippen LogP contribution in [0.25, 0.3) is 0 Å². The molecule has 0 bridgehead atoms. The molecule has 206 valence electrons. The van der Waals surface area contributed by atoms with E-state index in [1.165, 1.54) is 24.3 Å². The average molecular weight is 543 g/mol. The number of H-pyrrole nitrogens is 1. The lowest BCUT2D eigenvalue weighted by Gasteiger charge is -2.25. The maximum atomic E-state index is 13.0. The summed E-state index contributed by atoms with van der Waals surface area (Å²) in [5, 5.41) is 16.6. The van der Waals surface area contributed by atoms with Gasteiger partial charge in [-0.25, -0.2) is 9.78 Å². The SMILES string of the molecule is CSCCC(NC(=O)C(CCC(N)=O)NC(=O)C(CCC(N)=O)NC(=O)C(N)Cc1cnc[nH]1)C(=O)O. The van der Waals surface area contributed by atoms with Crippen LogP contribution in [0, 0.1) is 0 Å². The maximum Gasteiger partial charge on any atom is 0.326 e. The second-order valence-corrected chi connectivity index (χ2v) is 9.19. The molecule has 1 aromatic heterocycles. The first kappa shape index (κ1) is 31.4. The van der Waals surface area contributed by atoms with E-state index in [4.69, 9.17) is 17.2 Å². The highest BCUT2D eigenvalue weighted by molar-refractivity contribution is 7.98. The van der Waals surface area contributed by atoms with Crippen LogP contribution in [0.3, 0.4) is 0 Å². The van der Waals surface area contributed by atoms with Gasteiger partial charge in [0.25, 0.3) is 0 Å². The summed E-state index contributed by atoms with van der Waals surface area (Å²) in [7, 11) is 0. The molecule has 0 aliphatic heterocycles. The molecule has 4 unspecified atom stereocenters. The van der Waals surface area contributed by atoms with Gasteiger partial charge in [0.05, 0.1) is 12.4 Å². The second kappa shape index (κ2) is 16.2. The summed E-state index contributed by atoms with van der Waals surface area (Å²) in [4.78, 5) is 79.2. The Bertz CT molecular complexity index is 943. The van der Waals surface area contributed by atoms with Crippen molar-refractivity contribution in [2.75, 3.05) is 12.0 Å². The van der Waals surface area contributed by atoms with Gasteiger partial charge in [-0.2, -0.15) is 11.8 Å². The summed E-state index contributed by atoms with van der Waals surface area (Å²) in [5.41, 5.74) is 16.8. The molecule has 1 heterocycles. The van der Waals surface area contributed by atoms with Crippen molar-refractivity contribution in [2.24, 2.45) is 17.2 Å². The summed E-state index contributed by atoms with van der Waals surface area (Å²) in [6.07, 6.45) is 3.92. The molecule has 0 fully saturated rings. The van der Waals surface area contributed by atoms with Crippen LogP contribution in [0.2, 0.25) is 0 Å². The molecule has 1 aromatic rings. The van der Waals surface area contributed by atoms with Crippen LogP contribution in [0.15, 0.2) is 12.5 Å². The molecule has 1 rings (SSSR count). The first-order valence-corrected chi connectivity index (χ1v) is 12.8. The average Bonchev–Trinajstić information content (AvgIpc) is 3.33. The topological polar surface area (TPSA) is 265 Å². The first-order valence-electron chi connectivity index (χ1n) is 11.4. The molecule has 0 aliphatic carbocycles. The smallest absolute Gasteiger partial charge is 0.326 e. The zero-order chi connectivity index (χ0) is 28.0. The molecule has 0 aromatic carbocycles. The Kier molecular flexibility index (Phi) is 13.7. The van der Waals surface area contributed by atoms with E-state index in [0.717, 1.165) is 0 Å². The molecule has 37 heavy (non-hydrogen) atoms. The third kappa shape index (κ3) is 12.2. The third-order valence-electron chi connectivity index (χ3n) is 5.18. The van der Waals surface area contributed by atoms with Crippen LogP contribution >= 0.6 is 11.8 Å². The number of rotatable bonds is 18. The predicted molar refractivity (Wildman–Crippen MR) is 134 cm³/mol. The van der Waals surface area contributed by atoms with Gasteiger partial charge in [-0.1, -0.05) is 0 Å². The van der Waals surface area contributed by atoms with E-state index in [2.05, 4.69) is 25.9 Å². The largest absolute Gasteiger partial charge is 0.480 e. The zero-order valence-electron chi connectivity index (χ0n) is 20.4. The molecule has 4 atom stereocenters. The molecule has 16 heteroatoms. The lowest BCUT2D eigenvalue weighted by atomic mass is 10.1. The number of amides is 5. The van der Waals surface area contributed by atoms with Crippen LogP contribution in [0.5, 0.6) is 0 Å². The Morgan fingerprint density at radius 2 is 1.43 bits per heavy atom. The summed E-state index contributed by atoms with van der Waals surface area (Å²) in [5.74, 6) is -4.69. The van der Waals surface area contributed by atoms with Crippen LogP contribution in [0.1, 0.15) is 37.8 Å². The number of aliphatic carboxylic acids is 1. The molecule has 0 radical (unpaired) electrons. The molecule has 5 amide bonds. The highest BCUT2D eigenvalue weighted by Crippen LogP contribution is 2.06. The van der Waals surface area contributed by atoms with Gasteiger partial charge >= 0.3 is 5.97 Å². The van der Waals surface area contributed by atoms with Crippen LogP contribution in [-0.4, -0.2) is 86.8 Å². The van der Waals surface area contributed by atoms with E-state index < -0.39 is 59.7 Å². The van der Waals surface area contributed by atoms with Crippen LogP contribution < -0.4 is 33.2 Å². The Labute approximate surface area is 217 Å². The highest BCUT2D eigenvalue weighted by Gasteiger charge is 2.30. The molecule has 0 aliphatic rings. The highest BCUT2D eigenvalue weighted by atomic mass is 32.2. The molecule has 0 saturated heterocycles. The third-order valence-corrected chi connectivity index (χ3v) is 5.83. The van der Waals surface area contributed by atoms with Crippen LogP contribution in [0.4, 0.5) is 0 Å². The molecular weight excluding hydrogens is 508 g/mol. The number of primary amides is 2. The minimum Gasteiger partial charge on any atom is -0.480 e. The number of carboxylic acid groups (broad SMARTS) is 1. The number of imidazole rings is 1. The van der Waals surface area contributed by atoms with Crippen molar-refractivity contribution >= 4 is 47.3 Å². The number of carboxylic acids is 1. The first-order chi connectivity index (χ1) is 17.4. The van der Waals surface area contributed by atoms with Crippen molar-refractivity contribution in [3.8, 4) is 0 Å². The monoisotopic (exact) mass is 542 g/mol. The Morgan fingerprint density at radius 3 is 1.86 bits per heavy atom. The molecule has 15 nitrogen and oxygen atoms in total. The van der Waals surface area contributed by atoms with Gasteiger partial charge in [0.15, 0.2) is 0 Å². The normalized spacial score (nSPS) is 14.0. The second-order valence-electron chi connectivity index (χ2n) is 8.20. The summed E-state index contributed by atoms with van der Waals surface area (Å²) in [6.45, 7) is 0. The van der Waals surface area contributed by atoms with Crippen molar-refractivity contribution in [2.45, 2.75) is 62.7 Å². The Hall–Kier alpha value is -3.66. The number of nitrogens with two attached hydrogens (primary N) is 3. The van der Waals surface area contributed by atoms with E-state index in [-0.39, 0.29) is 38.5 Å². The quantitative estimate of drug-likeness (QED) is 0.0937. The number of carbonyl (C=O) groups excluding carboxylic acids is 5. The van der Waals surface area contributed by atoms with Crippen molar-refractivity contribution in [3.05, 3.63) is 18.2 Å². The summed E-state index contributed by atoms with van der Waals surface area (Å²) in [6, 6.07) is -4.93. The van der Waals surface area contributed by atoms with E-state index >= 15 is 0 Å². The van der Waals surface area contributed by atoms with Gasteiger partial charge < -0.3 is 43.2 Å². The van der Waals surface area contributed by atoms with Crippen molar-refractivity contribution in [3.63, 3.8) is 0 Å². The fourth-order valence-electron chi connectivity index (χ4n) is 3.15. The van der Waals surface area contributed by atoms with Crippen molar-refractivity contribution in [1.82, 2.24) is 25.9 Å². The van der Waals surface area contributed by atoms with Crippen molar-refractivity contribution < 1.29 is 33.9 Å². The minimum absolute atomic E-state index is 0.0895. The Morgan fingerprint density at radius 1 is 0.919 bits per heavy atom. The standard InChI is InChI=1S/C21H34N8O7S/c1-37-7-6-15(21(35)36)29-20(34)14(3-5-17(24)31)28-19(33)13(2-4-16(23)30)27-18(32)12(22)8-11-9-25-10-26-11/h9-10,12-15H,2-8,22H2,1H3,(H2,23,30)(H2,24,31)(H,25,26)(H,27,32)(H,28,33)(H,29,34)(H,35,36). The van der Waals surface area contributed by atoms with E-state index in [1.807, 2.05) is 0 Å². The van der Waals surface area contributed by atoms with Gasteiger partial charge in [0.1, 0.15) is 18.1 Å². The molecule has 0 spiro atoms. The number of aromatic amines is 1. The lowest BCUT2D eigenvalue weighted by Crippen LogP contribution is -2.57. The van der Waals surface area contributed by atoms with Gasteiger partial charge in [-0.05, 0) is 31.3 Å². The number of thioether (sulfide) groups is 1. The Balaban J connectivity index is 2.99. The molecule has 11 N–H and O–H groups in total. The fourth-order valence-corrected chi connectivity index (χ4v) is 3.62. The lowest BCUT2D eigenvalue weighted by molar-refractivity contribution is -0.142.